The highest BCUT2D eigenvalue weighted by molar-refractivity contribution is 5.25. The topological polar surface area (TPSA) is 37.8 Å². The van der Waals surface area contributed by atoms with Crippen molar-refractivity contribution in [1.29, 1.82) is 0 Å². The van der Waals surface area contributed by atoms with Gasteiger partial charge in [-0.2, -0.15) is 0 Å². The second-order valence-corrected chi connectivity index (χ2v) is 4.89. The normalized spacial score (nSPS) is 14.7. The molecule has 3 heteroatoms. The molecule has 92 valence electrons. The Morgan fingerprint density at radius 2 is 1.78 bits per heavy atom. The molecule has 3 nitrogen and oxygen atoms in total. The van der Waals surface area contributed by atoms with Crippen LogP contribution >= 0.6 is 0 Å². The lowest BCUT2D eigenvalue weighted by Gasteiger charge is -2.06. The van der Waals surface area contributed by atoms with E-state index in [2.05, 4.69) is 33.5 Å². The molecule has 0 unspecified atom stereocenters. The maximum atomic E-state index is 4.32. The molecule has 0 amide bonds. The first-order valence-electron chi connectivity index (χ1n) is 6.45. The molecule has 0 aromatic carbocycles. The third-order valence-corrected chi connectivity index (χ3v) is 3.18. The van der Waals surface area contributed by atoms with Gasteiger partial charge in [0.25, 0.3) is 0 Å². The molecule has 18 heavy (non-hydrogen) atoms. The molecule has 1 saturated carbocycles. The highest BCUT2D eigenvalue weighted by Crippen LogP contribution is 2.19. The first kappa shape index (κ1) is 11.4. The van der Waals surface area contributed by atoms with E-state index < -0.39 is 0 Å². The second-order valence-electron chi connectivity index (χ2n) is 4.89. The smallest absolute Gasteiger partial charge is 0.0313 e. The van der Waals surface area contributed by atoms with Crippen molar-refractivity contribution in [2.24, 2.45) is 0 Å². The molecule has 0 spiro atoms. The van der Waals surface area contributed by atoms with Gasteiger partial charge in [0.05, 0.1) is 0 Å². The van der Waals surface area contributed by atoms with Gasteiger partial charge >= 0.3 is 0 Å². The molecule has 3 rings (SSSR count). The first-order valence-corrected chi connectivity index (χ1v) is 6.45. The highest BCUT2D eigenvalue weighted by Gasteiger charge is 2.19. The minimum atomic E-state index is 0.744. The number of pyridine rings is 2. The Morgan fingerprint density at radius 1 is 1.00 bits per heavy atom. The Labute approximate surface area is 107 Å². The second kappa shape index (κ2) is 5.27. The van der Waals surface area contributed by atoms with Crippen LogP contribution in [0.3, 0.4) is 0 Å². The Balaban J connectivity index is 1.66. The monoisotopic (exact) mass is 239 g/mol. The molecule has 0 saturated heterocycles. The summed E-state index contributed by atoms with van der Waals surface area (Å²) in [6.45, 7) is 0.932. The summed E-state index contributed by atoms with van der Waals surface area (Å²) in [6.07, 6.45) is 11.1. The largest absolute Gasteiger partial charge is 0.310 e. The van der Waals surface area contributed by atoms with E-state index in [0.29, 0.717) is 0 Å². The number of hydrogen-bond acceptors (Lipinski definition) is 3. The van der Waals surface area contributed by atoms with Crippen molar-refractivity contribution >= 4 is 0 Å². The summed E-state index contributed by atoms with van der Waals surface area (Å²) in [5.74, 6) is 0. The van der Waals surface area contributed by atoms with Crippen LogP contribution in [0.5, 0.6) is 0 Å². The molecule has 1 aliphatic carbocycles. The van der Waals surface area contributed by atoms with Crippen LogP contribution in [0.15, 0.2) is 43.0 Å². The molecular formula is C15H17N3. The van der Waals surface area contributed by atoms with E-state index in [0.717, 1.165) is 19.0 Å². The van der Waals surface area contributed by atoms with Gasteiger partial charge in [-0.15, -0.1) is 0 Å². The summed E-state index contributed by atoms with van der Waals surface area (Å²) in [7, 11) is 0. The third kappa shape index (κ3) is 3.14. The molecular weight excluding hydrogens is 222 g/mol. The molecule has 0 atom stereocenters. The number of rotatable bonds is 5. The highest BCUT2D eigenvalue weighted by atomic mass is 14.9. The van der Waals surface area contributed by atoms with Gasteiger partial charge in [-0.25, -0.2) is 0 Å². The SMILES string of the molecule is c1cc(Cc2cncc(CNC3CC3)c2)ccn1. The van der Waals surface area contributed by atoms with Gasteiger partial charge in [0.15, 0.2) is 0 Å². The van der Waals surface area contributed by atoms with Gasteiger partial charge in [0.1, 0.15) is 0 Å². The Morgan fingerprint density at radius 3 is 2.56 bits per heavy atom. The van der Waals surface area contributed by atoms with Crippen molar-refractivity contribution in [3.63, 3.8) is 0 Å². The van der Waals surface area contributed by atoms with Crippen LogP contribution in [0.4, 0.5) is 0 Å². The van der Waals surface area contributed by atoms with E-state index in [-0.39, 0.29) is 0 Å². The number of nitrogens with one attached hydrogen (secondary N) is 1. The summed E-state index contributed by atoms with van der Waals surface area (Å²) < 4.78 is 0. The van der Waals surface area contributed by atoms with E-state index in [4.69, 9.17) is 0 Å². The van der Waals surface area contributed by atoms with Gasteiger partial charge in [0, 0.05) is 37.4 Å². The van der Waals surface area contributed by atoms with Crippen molar-refractivity contribution in [2.45, 2.75) is 31.8 Å². The van der Waals surface area contributed by atoms with Crippen LogP contribution < -0.4 is 5.32 Å². The van der Waals surface area contributed by atoms with E-state index >= 15 is 0 Å². The van der Waals surface area contributed by atoms with Crippen LogP contribution in [-0.4, -0.2) is 16.0 Å². The molecule has 0 aliphatic heterocycles. The zero-order valence-corrected chi connectivity index (χ0v) is 10.3. The lowest BCUT2D eigenvalue weighted by Crippen LogP contribution is -2.15. The average molecular weight is 239 g/mol. The van der Waals surface area contributed by atoms with E-state index in [1.165, 1.54) is 29.5 Å². The lowest BCUT2D eigenvalue weighted by molar-refractivity contribution is 0.685. The molecule has 2 heterocycles. The van der Waals surface area contributed by atoms with Crippen molar-refractivity contribution in [2.75, 3.05) is 0 Å². The zero-order valence-electron chi connectivity index (χ0n) is 10.3. The summed E-state index contributed by atoms with van der Waals surface area (Å²) in [5.41, 5.74) is 3.81. The predicted octanol–water partition coefficient (Wildman–Crippen LogP) is 2.32. The predicted molar refractivity (Wildman–Crippen MR) is 71.1 cm³/mol. The van der Waals surface area contributed by atoms with Crippen molar-refractivity contribution in [3.8, 4) is 0 Å². The van der Waals surface area contributed by atoms with Crippen molar-refractivity contribution in [3.05, 3.63) is 59.7 Å². The molecule has 0 radical (unpaired) electrons. The van der Waals surface area contributed by atoms with Crippen LogP contribution in [-0.2, 0) is 13.0 Å². The molecule has 1 fully saturated rings. The van der Waals surface area contributed by atoms with E-state index in [9.17, 15) is 0 Å². The quantitative estimate of drug-likeness (QED) is 0.870. The number of aromatic nitrogens is 2. The first-order chi connectivity index (χ1) is 8.90. The van der Waals surface area contributed by atoms with Crippen molar-refractivity contribution in [1.82, 2.24) is 15.3 Å². The standard InChI is InChI=1S/C15H17N3/c1-2-15(1)18-11-14-8-13(9-17-10-14)7-12-3-5-16-6-4-12/h3-6,8-10,15,18H,1-2,7,11H2. The Kier molecular flexibility index (Phi) is 3.33. The average Bonchev–Trinajstić information content (AvgIpc) is 3.22. The van der Waals surface area contributed by atoms with Gasteiger partial charge < -0.3 is 5.32 Å². The fraction of sp³-hybridized carbons (Fsp3) is 0.333. The summed E-state index contributed by atoms with van der Waals surface area (Å²) >= 11 is 0. The molecule has 2 aromatic rings. The van der Waals surface area contributed by atoms with Gasteiger partial charge in [-0.05, 0) is 48.1 Å². The van der Waals surface area contributed by atoms with Crippen molar-refractivity contribution < 1.29 is 0 Å². The van der Waals surface area contributed by atoms with Crippen LogP contribution in [0.1, 0.15) is 29.5 Å². The minimum absolute atomic E-state index is 0.744. The third-order valence-electron chi connectivity index (χ3n) is 3.18. The van der Waals surface area contributed by atoms with E-state index in [1.807, 2.05) is 24.8 Å². The molecule has 1 N–H and O–H groups in total. The molecule has 1 aliphatic rings. The fourth-order valence-corrected chi connectivity index (χ4v) is 2.02. The van der Waals surface area contributed by atoms with Gasteiger partial charge in [0.2, 0.25) is 0 Å². The Bertz CT molecular complexity index is 506. The molecule has 0 bridgehead atoms. The summed E-state index contributed by atoms with van der Waals surface area (Å²) in [4.78, 5) is 8.36. The van der Waals surface area contributed by atoms with Gasteiger partial charge in [-0.1, -0.05) is 6.07 Å². The fourth-order valence-electron chi connectivity index (χ4n) is 2.02. The van der Waals surface area contributed by atoms with Crippen LogP contribution in [0.25, 0.3) is 0 Å². The summed E-state index contributed by atoms with van der Waals surface area (Å²) in [5, 5.41) is 3.51. The maximum Gasteiger partial charge on any atom is 0.0313 e. The maximum absolute atomic E-state index is 4.32. The lowest BCUT2D eigenvalue weighted by atomic mass is 10.1. The van der Waals surface area contributed by atoms with Crippen LogP contribution in [0.2, 0.25) is 0 Å². The zero-order chi connectivity index (χ0) is 12.2. The Hall–Kier alpha value is -1.74. The minimum Gasteiger partial charge on any atom is -0.310 e. The number of nitrogens with zero attached hydrogens (tertiary/aromatic N) is 2. The molecule has 2 aromatic heterocycles. The summed E-state index contributed by atoms with van der Waals surface area (Å²) in [6, 6.07) is 7.08. The van der Waals surface area contributed by atoms with E-state index in [1.54, 1.807) is 0 Å². The van der Waals surface area contributed by atoms with Gasteiger partial charge in [-0.3, -0.25) is 9.97 Å². The number of hydrogen-bond donors (Lipinski definition) is 1. The van der Waals surface area contributed by atoms with Crippen LogP contribution in [0, 0.1) is 0 Å².